The maximum Gasteiger partial charge on any atom is 0.292 e. The Balaban J connectivity index is 1.24. The number of imidazole rings is 1. The molecule has 2 aromatic rings. The van der Waals surface area contributed by atoms with Gasteiger partial charge in [-0.3, -0.25) is 9.59 Å². The van der Waals surface area contributed by atoms with Crippen LogP contribution in [0.15, 0.2) is 16.9 Å². The smallest absolute Gasteiger partial charge is 0.292 e. The minimum atomic E-state index is -0.398. The molecule has 2 aliphatic carbocycles. The van der Waals surface area contributed by atoms with Gasteiger partial charge in [-0.15, -0.1) is 0 Å². The van der Waals surface area contributed by atoms with Crippen LogP contribution in [0.3, 0.4) is 0 Å². The number of amides is 2. The summed E-state index contributed by atoms with van der Waals surface area (Å²) in [4.78, 5) is 37.8. The fraction of sp³-hybridized carbons (Fsp3) is 0.619. The van der Waals surface area contributed by atoms with Gasteiger partial charge in [0.1, 0.15) is 0 Å². The molecule has 152 valence electrons. The highest BCUT2D eigenvalue weighted by Crippen LogP contribution is 2.45. The zero-order valence-electron chi connectivity index (χ0n) is 16.4. The largest absolute Gasteiger partial charge is 0.351 e. The van der Waals surface area contributed by atoms with Gasteiger partial charge in [0.05, 0.1) is 23.3 Å². The molecule has 2 aliphatic heterocycles. The molecule has 0 aromatic carbocycles. The molecule has 8 heteroatoms. The fourth-order valence-corrected chi connectivity index (χ4v) is 5.05. The lowest BCUT2D eigenvalue weighted by molar-refractivity contribution is -0.143. The van der Waals surface area contributed by atoms with Crippen molar-refractivity contribution in [3.8, 4) is 0 Å². The number of fused-ring (bicyclic) bond motifs is 2. The molecule has 2 saturated carbocycles. The van der Waals surface area contributed by atoms with Crippen LogP contribution in [0, 0.1) is 5.92 Å². The molecular formula is C21H25N5O3. The number of likely N-dealkylation sites (tertiary alicyclic amines) is 1. The van der Waals surface area contributed by atoms with E-state index in [0.29, 0.717) is 37.6 Å². The van der Waals surface area contributed by atoms with Crippen molar-refractivity contribution in [3.63, 3.8) is 0 Å². The standard InChI is InChI=1S/C21H25N5O3/c27-19(14-3-4-14)26-8-5-15-18(23-12-22-15)21(26)6-9-25(10-7-21)20(28)17-11-16(24-29-17)13-1-2-13/h11-14H,1-10H2,(H,22,23). The van der Waals surface area contributed by atoms with Crippen molar-refractivity contribution in [1.82, 2.24) is 24.9 Å². The molecule has 0 unspecified atom stereocenters. The number of carbonyl (C=O) groups excluding carboxylic acids is 2. The van der Waals surface area contributed by atoms with Gasteiger partial charge in [-0.2, -0.15) is 0 Å². The second kappa shape index (κ2) is 6.18. The third kappa shape index (κ3) is 2.72. The normalized spacial score (nSPS) is 23.3. The van der Waals surface area contributed by atoms with Crippen LogP contribution < -0.4 is 0 Å². The van der Waals surface area contributed by atoms with Crippen LogP contribution in [0.2, 0.25) is 0 Å². The lowest BCUT2D eigenvalue weighted by Gasteiger charge is -2.50. The molecule has 0 radical (unpaired) electrons. The Kier molecular flexibility index (Phi) is 3.67. The number of hydrogen-bond donors (Lipinski definition) is 1. The highest BCUT2D eigenvalue weighted by atomic mass is 16.5. The Labute approximate surface area is 168 Å². The van der Waals surface area contributed by atoms with Gasteiger partial charge in [0.15, 0.2) is 0 Å². The lowest BCUT2D eigenvalue weighted by Crippen LogP contribution is -2.59. The van der Waals surface area contributed by atoms with Gasteiger partial charge in [0.25, 0.3) is 5.91 Å². The number of carbonyl (C=O) groups is 2. The van der Waals surface area contributed by atoms with Crippen LogP contribution in [0.4, 0.5) is 0 Å². The molecule has 4 aliphatic rings. The first-order valence-corrected chi connectivity index (χ1v) is 10.8. The van der Waals surface area contributed by atoms with Crippen LogP contribution in [-0.4, -0.2) is 56.4 Å². The van der Waals surface area contributed by atoms with Crippen molar-refractivity contribution in [2.45, 2.75) is 56.4 Å². The predicted octanol–water partition coefficient (Wildman–Crippen LogP) is 2.20. The average molecular weight is 395 g/mol. The van der Waals surface area contributed by atoms with Crippen LogP contribution in [0.1, 0.15) is 72.1 Å². The van der Waals surface area contributed by atoms with Gasteiger partial charge in [0, 0.05) is 49.7 Å². The number of aromatic amines is 1. The molecule has 0 bridgehead atoms. The van der Waals surface area contributed by atoms with Crippen LogP contribution in [0.25, 0.3) is 0 Å². The first-order chi connectivity index (χ1) is 14.2. The maximum atomic E-state index is 13.1. The van der Waals surface area contributed by atoms with Crippen molar-refractivity contribution in [3.05, 3.63) is 35.2 Å². The van der Waals surface area contributed by atoms with Crippen molar-refractivity contribution in [2.24, 2.45) is 5.92 Å². The molecule has 4 heterocycles. The Morgan fingerprint density at radius 3 is 2.66 bits per heavy atom. The predicted molar refractivity (Wildman–Crippen MR) is 102 cm³/mol. The highest BCUT2D eigenvalue weighted by molar-refractivity contribution is 5.91. The minimum absolute atomic E-state index is 0.0996. The Morgan fingerprint density at radius 1 is 1.14 bits per heavy atom. The molecule has 0 atom stereocenters. The zero-order valence-corrected chi connectivity index (χ0v) is 16.4. The third-order valence-electron chi connectivity index (χ3n) is 7.07. The first kappa shape index (κ1) is 17.2. The summed E-state index contributed by atoms with van der Waals surface area (Å²) in [6.45, 7) is 1.89. The Morgan fingerprint density at radius 2 is 1.93 bits per heavy atom. The van der Waals surface area contributed by atoms with Gasteiger partial charge in [-0.1, -0.05) is 5.16 Å². The summed E-state index contributed by atoms with van der Waals surface area (Å²) in [7, 11) is 0. The number of rotatable bonds is 3. The number of nitrogens with zero attached hydrogens (tertiary/aromatic N) is 4. The fourth-order valence-electron chi connectivity index (χ4n) is 5.05. The summed E-state index contributed by atoms with van der Waals surface area (Å²) in [6.07, 6.45) is 8.23. The Bertz CT molecular complexity index is 963. The minimum Gasteiger partial charge on any atom is -0.351 e. The van der Waals surface area contributed by atoms with E-state index in [1.807, 2.05) is 4.90 Å². The molecule has 1 spiro atoms. The van der Waals surface area contributed by atoms with Crippen molar-refractivity contribution in [2.75, 3.05) is 19.6 Å². The highest BCUT2D eigenvalue weighted by Gasteiger charge is 2.51. The summed E-state index contributed by atoms with van der Waals surface area (Å²) in [5.41, 5.74) is 2.64. The van der Waals surface area contributed by atoms with Gasteiger partial charge in [-0.05, 0) is 38.5 Å². The van der Waals surface area contributed by atoms with E-state index in [2.05, 4.69) is 20.0 Å². The van der Waals surface area contributed by atoms with Gasteiger partial charge in [-0.25, -0.2) is 4.98 Å². The van der Waals surface area contributed by atoms with Crippen molar-refractivity contribution in [1.29, 1.82) is 0 Å². The van der Waals surface area contributed by atoms with E-state index in [4.69, 9.17) is 4.52 Å². The molecule has 2 aromatic heterocycles. The van der Waals surface area contributed by atoms with Gasteiger partial charge in [0.2, 0.25) is 11.7 Å². The third-order valence-corrected chi connectivity index (χ3v) is 7.07. The number of H-pyrrole nitrogens is 1. The van der Waals surface area contributed by atoms with E-state index in [9.17, 15) is 9.59 Å². The SMILES string of the molecule is O=C(c1cc(C2CC2)no1)N1CCC2(CC1)c1nc[nH]c1CCN2C(=O)C1CC1. The lowest BCUT2D eigenvalue weighted by atomic mass is 9.78. The number of aromatic nitrogens is 3. The quantitative estimate of drug-likeness (QED) is 0.860. The maximum absolute atomic E-state index is 13.1. The van der Waals surface area contributed by atoms with Crippen LogP contribution >= 0.6 is 0 Å². The Hall–Kier alpha value is -2.64. The van der Waals surface area contributed by atoms with Crippen molar-refractivity contribution < 1.29 is 14.1 Å². The van der Waals surface area contributed by atoms with E-state index < -0.39 is 5.54 Å². The number of nitrogens with one attached hydrogen (secondary N) is 1. The molecule has 8 nitrogen and oxygen atoms in total. The van der Waals surface area contributed by atoms with E-state index in [0.717, 1.165) is 55.7 Å². The molecule has 3 fully saturated rings. The summed E-state index contributed by atoms with van der Waals surface area (Å²) >= 11 is 0. The zero-order chi connectivity index (χ0) is 19.6. The molecule has 1 N–H and O–H groups in total. The molecule has 2 amide bonds. The second-order valence-corrected chi connectivity index (χ2v) is 8.96. The van der Waals surface area contributed by atoms with Crippen LogP contribution in [0.5, 0.6) is 0 Å². The molecular weight excluding hydrogens is 370 g/mol. The summed E-state index contributed by atoms with van der Waals surface area (Å²) in [5.74, 6) is 1.15. The molecule has 6 rings (SSSR count). The monoisotopic (exact) mass is 395 g/mol. The van der Waals surface area contributed by atoms with E-state index in [-0.39, 0.29) is 17.7 Å². The van der Waals surface area contributed by atoms with Crippen molar-refractivity contribution >= 4 is 11.8 Å². The summed E-state index contributed by atoms with van der Waals surface area (Å²) < 4.78 is 5.34. The summed E-state index contributed by atoms with van der Waals surface area (Å²) in [6, 6.07) is 1.81. The van der Waals surface area contributed by atoms with Gasteiger partial charge >= 0.3 is 0 Å². The second-order valence-electron chi connectivity index (χ2n) is 8.96. The average Bonchev–Trinajstić information content (AvgIpc) is 3.67. The molecule has 29 heavy (non-hydrogen) atoms. The van der Waals surface area contributed by atoms with E-state index in [1.54, 1.807) is 12.4 Å². The topological polar surface area (TPSA) is 95.3 Å². The first-order valence-electron chi connectivity index (χ1n) is 10.8. The number of piperidine rings is 1. The van der Waals surface area contributed by atoms with Gasteiger partial charge < -0.3 is 19.3 Å². The summed E-state index contributed by atoms with van der Waals surface area (Å²) in [5, 5.41) is 4.07. The number of hydrogen-bond acceptors (Lipinski definition) is 5. The van der Waals surface area contributed by atoms with E-state index in [1.165, 1.54) is 0 Å². The molecule has 1 saturated heterocycles. The van der Waals surface area contributed by atoms with Crippen LogP contribution in [-0.2, 0) is 16.8 Å². The van der Waals surface area contributed by atoms with E-state index >= 15 is 0 Å².